The van der Waals surface area contributed by atoms with E-state index in [2.05, 4.69) is 10.2 Å². The number of carbonyl (C=O) groups excluding carboxylic acids is 1. The lowest BCUT2D eigenvalue weighted by atomic mass is 9.72. The van der Waals surface area contributed by atoms with Gasteiger partial charge in [-0.25, -0.2) is 8.42 Å². The molecule has 2 aromatic carbocycles. The largest absolute Gasteiger partial charge is 0.324 e. The minimum absolute atomic E-state index is 0.0760. The lowest BCUT2D eigenvalue weighted by Gasteiger charge is -2.51. The number of benzene rings is 2. The molecule has 0 spiro atoms. The zero-order valence-electron chi connectivity index (χ0n) is 17.1. The molecule has 4 rings (SSSR count). The minimum atomic E-state index is -3.17. The van der Waals surface area contributed by atoms with Gasteiger partial charge in [0.05, 0.1) is 4.90 Å². The highest BCUT2D eigenvalue weighted by molar-refractivity contribution is 7.90. The average molecular weight is 447 g/mol. The second-order valence-corrected chi connectivity index (χ2v) is 10.9. The molecule has 0 unspecified atom stereocenters. The van der Waals surface area contributed by atoms with Crippen LogP contribution in [0.25, 0.3) is 0 Å². The first-order valence-corrected chi connectivity index (χ1v) is 12.7. The van der Waals surface area contributed by atoms with E-state index < -0.39 is 15.4 Å². The van der Waals surface area contributed by atoms with Crippen molar-refractivity contribution >= 4 is 33.0 Å². The Hall–Kier alpha value is -1.89. The van der Waals surface area contributed by atoms with Gasteiger partial charge in [0.1, 0.15) is 5.54 Å². The fourth-order valence-electron chi connectivity index (χ4n) is 4.61. The second kappa shape index (κ2) is 8.33. The van der Waals surface area contributed by atoms with Gasteiger partial charge in [0.2, 0.25) is 5.91 Å². The Kier molecular flexibility index (Phi) is 5.93. The third-order valence-corrected chi connectivity index (χ3v) is 7.97. The molecule has 7 heteroatoms. The van der Waals surface area contributed by atoms with Crippen LogP contribution in [0.15, 0.2) is 53.4 Å². The van der Waals surface area contributed by atoms with Gasteiger partial charge in [-0.15, -0.1) is 0 Å². The molecule has 1 saturated heterocycles. The Morgan fingerprint density at radius 1 is 1.03 bits per heavy atom. The van der Waals surface area contributed by atoms with E-state index in [1.54, 1.807) is 24.3 Å². The first-order valence-electron chi connectivity index (χ1n) is 10.4. The van der Waals surface area contributed by atoms with Crippen LogP contribution in [0.2, 0.25) is 5.02 Å². The summed E-state index contributed by atoms with van der Waals surface area (Å²) < 4.78 is 23.3. The van der Waals surface area contributed by atoms with Gasteiger partial charge in [-0.1, -0.05) is 23.7 Å². The minimum Gasteiger partial charge on any atom is -0.324 e. The van der Waals surface area contributed by atoms with E-state index in [0.29, 0.717) is 15.8 Å². The predicted molar refractivity (Wildman–Crippen MR) is 120 cm³/mol. The predicted octanol–water partition coefficient (Wildman–Crippen LogP) is 4.48. The maximum atomic E-state index is 13.1. The molecule has 160 valence electrons. The number of likely N-dealkylation sites (tertiary alicyclic amines) is 1. The van der Waals surface area contributed by atoms with Crippen molar-refractivity contribution in [2.75, 3.05) is 24.7 Å². The number of anilines is 1. The molecule has 0 bridgehead atoms. The van der Waals surface area contributed by atoms with Crippen LogP contribution >= 0.6 is 11.6 Å². The number of hydrogen-bond donors (Lipinski definition) is 1. The summed E-state index contributed by atoms with van der Waals surface area (Å²) in [6, 6.07) is 14.5. The van der Waals surface area contributed by atoms with Gasteiger partial charge in [0.25, 0.3) is 0 Å². The summed E-state index contributed by atoms with van der Waals surface area (Å²) in [6.07, 6.45) is 6.01. The molecule has 0 atom stereocenters. The van der Waals surface area contributed by atoms with Gasteiger partial charge in [-0.2, -0.15) is 0 Å². The summed E-state index contributed by atoms with van der Waals surface area (Å²) in [5.41, 5.74) is 1.54. The normalized spacial score (nSPS) is 19.8. The number of sulfone groups is 1. The molecule has 1 amide bonds. The van der Waals surface area contributed by atoms with Crippen molar-refractivity contribution in [2.45, 2.75) is 48.5 Å². The quantitative estimate of drug-likeness (QED) is 0.735. The highest BCUT2D eigenvalue weighted by atomic mass is 35.5. The molecule has 0 radical (unpaired) electrons. The van der Waals surface area contributed by atoms with Crippen molar-refractivity contribution in [3.8, 4) is 0 Å². The number of carbonyl (C=O) groups is 1. The SMILES string of the molecule is CS(=O)(=O)c1ccc(C2CCN(C3(C(=O)Nc4ccc(Cl)cc4)CCC3)CC2)cc1. The van der Waals surface area contributed by atoms with Crippen LogP contribution in [-0.2, 0) is 14.6 Å². The van der Waals surface area contributed by atoms with Gasteiger partial charge in [0.15, 0.2) is 9.84 Å². The zero-order valence-corrected chi connectivity index (χ0v) is 18.7. The van der Waals surface area contributed by atoms with E-state index >= 15 is 0 Å². The van der Waals surface area contributed by atoms with E-state index in [-0.39, 0.29) is 5.91 Å². The number of nitrogens with zero attached hydrogens (tertiary/aromatic N) is 1. The Balaban J connectivity index is 1.40. The average Bonchev–Trinajstić information content (AvgIpc) is 2.69. The van der Waals surface area contributed by atoms with Crippen molar-refractivity contribution in [2.24, 2.45) is 0 Å². The van der Waals surface area contributed by atoms with Gasteiger partial charge >= 0.3 is 0 Å². The Morgan fingerprint density at radius 2 is 1.63 bits per heavy atom. The third kappa shape index (κ3) is 4.27. The Morgan fingerprint density at radius 3 is 2.13 bits per heavy atom. The molecule has 1 heterocycles. The summed E-state index contributed by atoms with van der Waals surface area (Å²) in [7, 11) is -3.17. The maximum Gasteiger partial charge on any atom is 0.244 e. The number of nitrogens with one attached hydrogen (secondary N) is 1. The van der Waals surface area contributed by atoms with Crippen molar-refractivity contribution in [1.82, 2.24) is 4.90 Å². The van der Waals surface area contributed by atoms with Crippen LogP contribution < -0.4 is 5.32 Å². The summed E-state index contributed by atoms with van der Waals surface area (Å²) in [4.78, 5) is 15.8. The van der Waals surface area contributed by atoms with Crippen molar-refractivity contribution < 1.29 is 13.2 Å². The number of piperidine rings is 1. The monoisotopic (exact) mass is 446 g/mol. The zero-order chi connectivity index (χ0) is 21.4. The van der Waals surface area contributed by atoms with E-state index in [9.17, 15) is 13.2 Å². The van der Waals surface area contributed by atoms with Gasteiger partial charge in [-0.05, 0) is 93.1 Å². The van der Waals surface area contributed by atoms with Crippen LogP contribution in [0, 0.1) is 0 Å². The lowest BCUT2D eigenvalue weighted by Crippen LogP contribution is -2.62. The molecular weight excluding hydrogens is 420 g/mol. The molecule has 2 aliphatic rings. The van der Waals surface area contributed by atoms with Crippen LogP contribution in [0.4, 0.5) is 5.69 Å². The van der Waals surface area contributed by atoms with Crippen LogP contribution in [0.3, 0.4) is 0 Å². The number of halogens is 1. The molecule has 5 nitrogen and oxygen atoms in total. The van der Waals surface area contributed by atoms with Crippen molar-refractivity contribution in [3.05, 3.63) is 59.1 Å². The third-order valence-electron chi connectivity index (χ3n) is 6.59. The molecule has 1 aliphatic carbocycles. The smallest absolute Gasteiger partial charge is 0.244 e. The number of rotatable bonds is 5. The van der Waals surface area contributed by atoms with Crippen LogP contribution in [0.1, 0.15) is 43.6 Å². The van der Waals surface area contributed by atoms with Gasteiger partial charge in [-0.3, -0.25) is 9.69 Å². The fraction of sp³-hybridized carbons (Fsp3) is 0.435. The van der Waals surface area contributed by atoms with E-state index in [1.165, 1.54) is 11.8 Å². The van der Waals surface area contributed by atoms with Crippen LogP contribution in [0.5, 0.6) is 0 Å². The molecule has 0 aromatic heterocycles. The summed E-state index contributed by atoms with van der Waals surface area (Å²) in [6.45, 7) is 1.74. The Labute approximate surface area is 183 Å². The fourth-order valence-corrected chi connectivity index (χ4v) is 5.36. The van der Waals surface area contributed by atoms with E-state index in [4.69, 9.17) is 11.6 Å². The first-order chi connectivity index (χ1) is 14.3. The molecule has 30 heavy (non-hydrogen) atoms. The standard InChI is InChI=1S/C23H27ClN2O3S/c1-30(28,29)21-9-3-17(4-10-21)18-11-15-26(16-12-18)23(13-2-14-23)22(27)25-20-7-5-19(24)6-8-20/h3-10,18H,2,11-16H2,1H3,(H,25,27). The summed E-state index contributed by atoms with van der Waals surface area (Å²) >= 11 is 5.94. The highest BCUT2D eigenvalue weighted by Gasteiger charge is 2.49. The van der Waals surface area contributed by atoms with Crippen LogP contribution in [-0.4, -0.2) is 44.1 Å². The van der Waals surface area contributed by atoms with E-state index in [1.807, 2.05) is 24.3 Å². The second-order valence-electron chi connectivity index (χ2n) is 8.45. The molecule has 2 fully saturated rings. The van der Waals surface area contributed by atoms with Gasteiger partial charge in [0, 0.05) is 17.0 Å². The molecule has 1 aliphatic heterocycles. The first kappa shape index (κ1) is 21.3. The maximum absolute atomic E-state index is 13.1. The van der Waals surface area contributed by atoms with E-state index in [0.717, 1.165) is 50.9 Å². The summed E-state index contributed by atoms with van der Waals surface area (Å²) in [5.74, 6) is 0.471. The Bertz CT molecular complexity index is 1010. The molecular formula is C23H27ClN2O3S. The molecule has 1 saturated carbocycles. The topological polar surface area (TPSA) is 66.5 Å². The van der Waals surface area contributed by atoms with Crippen molar-refractivity contribution in [3.63, 3.8) is 0 Å². The highest BCUT2D eigenvalue weighted by Crippen LogP contribution is 2.42. The number of hydrogen-bond acceptors (Lipinski definition) is 4. The summed E-state index contributed by atoms with van der Waals surface area (Å²) in [5, 5.41) is 3.73. The molecule has 2 aromatic rings. The van der Waals surface area contributed by atoms with Gasteiger partial charge < -0.3 is 5.32 Å². The van der Waals surface area contributed by atoms with Crippen molar-refractivity contribution in [1.29, 1.82) is 0 Å². The lowest BCUT2D eigenvalue weighted by molar-refractivity contribution is -0.135. The molecule has 1 N–H and O–H groups in total. The number of amides is 1.